The number of hydrogen-bond acceptors (Lipinski definition) is 3. The molecule has 1 saturated carbocycles. The van der Waals surface area contributed by atoms with Crippen molar-refractivity contribution in [2.75, 3.05) is 31.1 Å². The van der Waals surface area contributed by atoms with E-state index < -0.39 is 0 Å². The number of carbonyl (C=O) groups is 2. The van der Waals surface area contributed by atoms with Gasteiger partial charge >= 0.3 is 0 Å². The summed E-state index contributed by atoms with van der Waals surface area (Å²) in [6, 6.07) is 14.1. The number of amides is 2. The predicted molar refractivity (Wildman–Crippen MR) is 106 cm³/mol. The molecule has 2 aromatic carbocycles. The van der Waals surface area contributed by atoms with E-state index in [1.54, 1.807) is 17.0 Å². The Kier molecular flexibility index (Phi) is 5.28. The Morgan fingerprint density at radius 3 is 2.29 bits per heavy atom. The van der Waals surface area contributed by atoms with E-state index in [4.69, 9.17) is 0 Å². The Morgan fingerprint density at radius 1 is 0.964 bits per heavy atom. The van der Waals surface area contributed by atoms with E-state index in [9.17, 15) is 14.0 Å². The van der Waals surface area contributed by atoms with E-state index in [1.807, 2.05) is 35.2 Å². The number of halogens is 1. The summed E-state index contributed by atoms with van der Waals surface area (Å²) in [6.45, 7) is 2.83. The first-order valence-electron chi connectivity index (χ1n) is 9.77. The molecule has 0 atom stereocenters. The minimum absolute atomic E-state index is 0.0123. The summed E-state index contributed by atoms with van der Waals surface area (Å²) in [6.07, 6.45) is 1.98. The number of rotatable bonds is 5. The van der Waals surface area contributed by atoms with Crippen molar-refractivity contribution in [3.8, 4) is 0 Å². The van der Waals surface area contributed by atoms with Crippen LogP contribution < -0.4 is 10.2 Å². The molecule has 4 rings (SSSR count). The maximum absolute atomic E-state index is 13.9. The van der Waals surface area contributed by atoms with Gasteiger partial charge in [-0.15, -0.1) is 0 Å². The molecule has 5 nitrogen and oxygen atoms in total. The molecule has 0 radical (unpaired) electrons. The van der Waals surface area contributed by atoms with Gasteiger partial charge in [0.05, 0.1) is 5.69 Å². The molecular formula is C22H24FN3O2. The lowest BCUT2D eigenvalue weighted by atomic mass is 10.1. The van der Waals surface area contributed by atoms with Crippen LogP contribution in [0.3, 0.4) is 0 Å². The van der Waals surface area contributed by atoms with Crippen LogP contribution in [0.15, 0.2) is 48.5 Å². The van der Waals surface area contributed by atoms with Gasteiger partial charge in [-0.25, -0.2) is 4.39 Å². The van der Waals surface area contributed by atoms with Crippen LogP contribution in [0.1, 0.15) is 28.8 Å². The van der Waals surface area contributed by atoms with Crippen LogP contribution in [0.2, 0.25) is 0 Å². The van der Waals surface area contributed by atoms with E-state index in [0.717, 1.165) is 18.4 Å². The highest BCUT2D eigenvalue weighted by Gasteiger charge is 2.29. The third kappa shape index (κ3) is 4.16. The van der Waals surface area contributed by atoms with Crippen LogP contribution >= 0.6 is 0 Å². The van der Waals surface area contributed by atoms with Gasteiger partial charge in [-0.2, -0.15) is 0 Å². The van der Waals surface area contributed by atoms with Crippen molar-refractivity contribution < 1.29 is 14.0 Å². The zero-order valence-corrected chi connectivity index (χ0v) is 15.7. The fourth-order valence-electron chi connectivity index (χ4n) is 3.49. The number of nitrogens with zero attached hydrogens (tertiary/aromatic N) is 2. The molecule has 6 heteroatoms. The zero-order chi connectivity index (χ0) is 19.5. The average Bonchev–Trinajstić information content (AvgIpc) is 3.58. The molecule has 2 aliphatic rings. The average molecular weight is 381 g/mol. The van der Waals surface area contributed by atoms with Crippen molar-refractivity contribution in [1.29, 1.82) is 0 Å². The number of nitrogens with one attached hydrogen (secondary N) is 1. The Morgan fingerprint density at radius 2 is 1.64 bits per heavy atom. The second-order valence-corrected chi connectivity index (χ2v) is 7.42. The molecule has 0 bridgehead atoms. The lowest BCUT2D eigenvalue weighted by molar-refractivity contribution is -0.122. The van der Waals surface area contributed by atoms with Crippen LogP contribution in [0.4, 0.5) is 10.1 Å². The number of para-hydroxylation sites is 1. The summed E-state index contributed by atoms with van der Waals surface area (Å²) in [5.74, 6) is 0.0742. The molecule has 2 amide bonds. The largest absolute Gasteiger partial charge is 0.366 e. The van der Waals surface area contributed by atoms with Gasteiger partial charge in [0.1, 0.15) is 5.82 Å². The smallest absolute Gasteiger partial charge is 0.253 e. The molecule has 146 valence electrons. The van der Waals surface area contributed by atoms with Crippen LogP contribution in [-0.4, -0.2) is 42.9 Å². The Hall–Kier alpha value is -2.89. The Balaban J connectivity index is 1.31. The van der Waals surface area contributed by atoms with E-state index in [-0.39, 0.29) is 23.5 Å². The molecule has 2 fully saturated rings. The summed E-state index contributed by atoms with van der Waals surface area (Å²) < 4.78 is 13.9. The molecule has 0 unspecified atom stereocenters. The molecule has 2 aromatic rings. The van der Waals surface area contributed by atoms with Crippen molar-refractivity contribution in [2.45, 2.75) is 19.4 Å². The second-order valence-electron chi connectivity index (χ2n) is 7.42. The predicted octanol–water partition coefficient (Wildman–Crippen LogP) is 2.81. The summed E-state index contributed by atoms with van der Waals surface area (Å²) in [7, 11) is 0. The van der Waals surface area contributed by atoms with E-state index in [0.29, 0.717) is 44.0 Å². The minimum Gasteiger partial charge on any atom is -0.366 e. The topological polar surface area (TPSA) is 52.7 Å². The highest BCUT2D eigenvalue weighted by molar-refractivity contribution is 5.94. The standard InChI is InChI=1S/C22H24FN3O2/c23-19-3-1-2-4-20(19)25-11-13-26(14-12-25)22(28)18-7-5-16(6-8-18)15-24-21(27)17-9-10-17/h1-8,17H,9-15H2,(H,24,27). The summed E-state index contributed by atoms with van der Waals surface area (Å²) in [5.41, 5.74) is 2.21. The number of anilines is 1. The Bertz CT molecular complexity index is 856. The van der Waals surface area contributed by atoms with Crippen molar-refractivity contribution >= 4 is 17.5 Å². The third-order valence-electron chi connectivity index (χ3n) is 5.38. The summed E-state index contributed by atoms with van der Waals surface area (Å²) in [4.78, 5) is 28.2. The van der Waals surface area contributed by atoms with Crippen molar-refractivity contribution in [1.82, 2.24) is 10.2 Å². The molecule has 1 N–H and O–H groups in total. The fraction of sp³-hybridized carbons (Fsp3) is 0.364. The maximum Gasteiger partial charge on any atom is 0.253 e. The highest BCUT2D eigenvalue weighted by atomic mass is 19.1. The quantitative estimate of drug-likeness (QED) is 0.867. The zero-order valence-electron chi connectivity index (χ0n) is 15.7. The van der Waals surface area contributed by atoms with Gasteiger partial charge in [-0.05, 0) is 42.7 Å². The van der Waals surface area contributed by atoms with Crippen molar-refractivity contribution in [3.05, 3.63) is 65.5 Å². The van der Waals surface area contributed by atoms with Crippen LogP contribution in [0.25, 0.3) is 0 Å². The maximum atomic E-state index is 13.9. The number of piperazine rings is 1. The van der Waals surface area contributed by atoms with Crippen molar-refractivity contribution in [2.24, 2.45) is 5.92 Å². The van der Waals surface area contributed by atoms with Gasteiger partial charge in [0.2, 0.25) is 5.91 Å². The van der Waals surface area contributed by atoms with Gasteiger partial charge < -0.3 is 15.1 Å². The lowest BCUT2D eigenvalue weighted by Crippen LogP contribution is -2.49. The molecule has 0 aromatic heterocycles. The Labute approximate surface area is 164 Å². The normalized spacial score (nSPS) is 16.8. The van der Waals surface area contributed by atoms with Crippen LogP contribution in [-0.2, 0) is 11.3 Å². The number of hydrogen-bond donors (Lipinski definition) is 1. The lowest BCUT2D eigenvalue weighted by Gasteiger charge is -2.36. The molecular weight excluding hydrogens is 357 g/mol. The monoisotopic (exact) mass is 381 g/mol. The van der Waals surface area contributed by atoms with E-state index >= 15 is 0 Å². The van der Waals surface area contributed by atoms with Crippen LogP contribution in [0.5, 0.6) is 0 Å². The van der Waals surface area contributed by atoms with Gasteiger partial charge in [0, 0.05) is 44.2 Å². The number of carbonyl (C=O) groups excluding carboxylic acids is 2. The van der Waals surface area contributed by atoms with Gasteiger partial charge in [-0.1, -0.05) is 24.3 Å². The number of benzene rings is 2. The van der Waals surface area contributed by atoms with Crippen molar-refractivity contribution in [3.63, 3.8) is 0 Å². The first kappa shape index (κ1) is 18.5. The second kappa shape index (κ2) is 8.00. The third-order valence-corrected chi connectivity index (χ3v) is 5.38. The molecule has 28 heavy (non-hydrogen) atoms. The fourth-order valence-corrected chi connectivity index (χ4v) is 3.49. The summed E-state index contributed by atoms with van der Waals surface area (Å²) >= 11 is 0. The van der Waals surface area contributed by atoms with Crippen LogP contribution in [0, 0.1) is 11.7 Å². The van der Waals surface area contributed by atoms with Gasteiger partial charge in [0.15, 0.2) is 0 Å². The molecule has 1 heterocycles. The molecule has 1 aliphatic carbocycles. The highest BCUT2D eigenvalue weighted by Crippen LogP contribution is 2.28. The minimum atomic E-state index is -0.230. The molecule has 1 aliphatic heterocycles. The molecule has 0 spiro atoms. The molecule has 1 saturated heterocycles. The summed E-state index contributed by atoms with van der Waals surface area (Å²) in [5, 5.41) is 2.93. The van der Waals surface area contributed by atoms with Gasteiger partial charge in [-0.3, -0.25) is 9.59 Å². The van der Waals surface area contributed by atoms with E-state index in [2.05, 4.69) is 5.32 Å². The first-order chi connectivity index (χ1) is 13.6. The van der Waals surface area contributed by atoms with E-state index in [1.165, 1.54) is 6.07 Å². The van der Waals surface area contributed by atoms with Gasteiger partial charge in [0.25, 0.3) is 5.91 Å². The SMILES string of the molecule is O=C(NCc1ccc(C(=O)N2CCN(c3ccccc3F)CC2)cc1)C1CC1. The first-order valence-corrected chi connectivity index (χ1v) is 9.77.